The van der Waals surface area contributed by atoms with Gasteiger partial charge in [-0.15, -0.1) is 0 Å². The summed E-state index contributed by atoms with van der Waals surface area (Å²) in [6, 6.07) is 0.0487. The molecule has 1 aliphatic heterocycles. The van der Waals surface area contributed by atoms with Gasteiger partial charge in [0.1, 0.15) is 0 Å². The number of rotatable bonds is 5. The molecule has 2 aliphatic rings. The molecule has 1 aliphatic carbocycles. The molecule has 18 heavy (non-hydrogen) atoms. The van der Waals surface area contributed by atoms with Crippen molar-refractivity contribution in [1.29, 1.82) is 0 Å². The van der Waals surface area contributed by atoms with E-state index in [0.717, 1.165) is 32.4 Å². The number of hydrogen-bond acceptors (Lipinski definition) is 3. The molecule has 102 valence electrons. The van der Waals surface area contributed by atoms with Crippen molar-refractivity contribution in [2.45, 2.75) is 44.6 Å². The van der Waals surface area contributed by atoms with Crippen LogP contribution in [0.5, 0.6) is 0 Å². The Morgan fingerprint density at radius 3 is 2.78 bits per heavy atom. The van der Waals surface area contributed by atoms with Gasteiger partial charge in [-0.05, 0) is 37.6 Å². The molecule has 0 radical (unpaired) electrons. The van der Waals surface area contributed by atoms with E-state index in [9.17, 15) is 4.79 Å². The lowest BCUT2D eigenvalue weighted by molar-refractivity contribution is -0.127. The molecule has 0 aromatic carbocycles. The standard InChI is InChI=1S/C13H23N3OS/c1-15-12(17)10-4-2-3-7-16(10)9-13(5-6-13)8-11(14)18/h10H,2-9H2,1H3,(H2,14,18)(H,15,17). The van der Waals surface area contributed by atoms with Crippen LogP contribution in [0.3, 0.4) is 0 Å². The summed E-state index contributed by atoms with van der Waals surface area (Å²) in [5.74, 6) is 0.154. The third kappa shape index (κ3) is 3.20. The largest absolute Gasteiger partial charge is 0.393 e. The van der Waals surface area contributed by atoms with Crippen molar-refractivity contribution in [3.8, 4) is 0 Å². The fourth-order valence-electron chi connectivity index (χ4n) is 3.01. The average molecular weight is 269 g/mol. The Bertz CT molecular complexity index is 341. The van der Waals surface area contributed by atoms with Gasteiger partial charge in [0.25, 0.3) is 0 Å². The van der Waals surface area contributed by atoms with Crippen LogP contribution in [-0.2, 0) is 4.79 Å². The smallest absolute Gasteiger partial charge is 0.237 e. The molecule has 4 nitrogen and oxygen atoms in total. The molecule has 1 saturated heterocycles. The summed E-state index contributed by atoms with van der Waals surface area (Å²) in [5, 5.41) is 2.78. The van der Waals surface area contributed by atoms with E-state index in [4.69, 9.17) is 18.0 Å². The van der Waals surface area contributed by atoms with E-state index in [1.54, 1.807) is 7.05 Å². The van der Waals surface area contributed by atoms with E-state index >= 15 is 0 Å². The van der Waals surface area contributed by atoms with Crippen molar-refractivity contribution in [2.24, 2.45) is 11.1 Å². The van der Waals surface area contributed by atoms with E-state index in [2.05, 4.69) is 10.2 Å². The number of carbonyl (C=O) groups is 1. The minimum absolute atomic E-state index is 0.0487. The molecule has 1 heterocycles. The molecule has 1 amide bonds. The fourth-order valence-corrected chi connectivity index (χ4v) is 3.32. The van der Waals surface area contributed by atoms with Gasteiger partial charge >= 0.3 is 0 Å². The van der Waals surface area contributed by atoms with Crippen molar-refractivity contribution in [3.05, 3.63) is 0 Å². The maximum atomic E-state index is 11.9. The SMILES string of the molecule is CNC(=O)C1CCCCN1CC1(CC(N)=S)CC1. The van der Waals surface area contributed by atoms with Crippen molar-refractivity contribution >= 4 is 23.1 Å². The van der Waals surface area contributed by atoms with E-state index in [0.29, 0.717) is 4.99 Å². The molecule has 0 aromatic heterocycles. The lowest BCUT2D eigenvalue weighted by atomic mass is 9.96. The summed E-state index contributed by atoms with van der Waals surface area (Å²) in [6.45, 7) is 2.00. The third-order valence-corrected chi connectivity index (χ3v) is 4.35. The minimum Gasteiger partial charge on any atom is -0.393 e. The first-order valence-corrected chi connectivity index (χ1v) is 7.21. The van der Waals surface area contributed by atoms with Gasteiger partial charge in [0.2, 0.25) is 5.91 Å². The molecule has 0 bridgehead atoms. The van der Waals surface area contributed by atoms with Gasteiger partial charge < -0.3 is 11.1 Å². The Labute approximate surface area is 114 Å². The number of nitrogens with one attached hydrogen (secondary N) is 1. The second-order valence-electron chi connectivity index (χ2n) is 5.74. The van der Waals surface area contributed by atoms with Crippen LogP contribution in [0.2, 0.25) is 0 Å². The summed E-state index contributed by atoms with van der Waals surface area (Å²) < 4.78 is 0. The van der Waals surface area contributed by atoms with Crippen LogP contribution >= 0.6 is 12.2 Å². The summed E-state index contributed by atoms with van der Waals surface area (Å²) in [4.78, 5) is 14.9. The summed E-state index contributed by atoms with van der Waals surface area (Å²) in [5.41, 5.74) is 5.95. The van der Waals surface area contributed by atoms with Gasteiger partial charge in [0.05, 0.1) is 11.0 Å². The molecule has 3 N–H and O–H groups in total. The lowest BCUT2D eigenvalue weighted by Gasteiger charge is -2.36. The average Bonchev–Trinajstić information content (AvgIpc) is 3.07. The summed E-state index contributed by atoms with van der Waals surface area (Å²) in [6.07, 6.45) is 6.54. The zero-order valence-corrected chi connectivity index (χ0v) is 11.9. The molecule has 0 spiro atoms. The minimum atomic E-state index is 0.0487. The molecule has 5 heteroatoms. The van der Waals surface area contributed by atoms with Crippen LogP contribution in [0.4, 0.5) is 0 Å². The number of nitrogens with zero attached hydrogens (tertiary/aromatic N) is 1. The second kappa shape index (κ2) is 5.53. The van der Waals surface area contributed by atoms with E-state index in [1.807, 2.05) is 0 Å². The number of piperidine rings is 1. The second-order valence-corrected chi connectivity index (χ2v) is 6.26. The first-order chi connectivity index (χ1) is 8.56. The molecule has 1 saturated carbocycles. The van der Waals surface area contributed by atoms with Crippen molar-refractivity contribution in [1.82, 2.24) is 10.2 Å². The van der Waals surface area contributed by atoms with Crippen LogP contribution < -0.4 is 11.1 Å². The van der Waals surface area contributed by atoms with Crippen LogP contribution in [0.1, 0.15) is 38.5 Å². The predicted octanol–water partition coefficient (Wildman–Crippen LogP) is 1.04. The molecular formula is C13H23N3OS. The van der Waals surface area contributed by atoms with Crippen molar-refractivity contribution < 1.29 is 4.79 Å². The maximum Gasteiger partial charge on any atom is 0.237 e. The first kappa shape index (κ1) is 13.7. The number of hydrogen-bond donors (Lipinski definition) is 2. The molecule has 0 aromatic rings. The van der Waals surface area contributed by atoms with Crippen molar-refractivity contribution in [2.75, 3.05) is 20.1 Å². The highest BCUT2D eigenvalue weighted by Crippen LogP contribution is 2.50. The Balaban J connectivity index is 1.97. The Kier molecular flexibility index (Phi) is 4.22. The number of likely N-dealkylation sites (N-methyl/N-ethyl adjacent to an activating group) is 1. The number of amides is 1. The van der Waals surface area contributed by atoms with Crippen molar-refractivity contribution in [3.63, 3.8) is 0 Å². The topological polar surface area (TPSA) is 58.4 Å². The highest BCUT2D eigenvalue weighted by atomic mass is 32.1. The highest BCUT2D eigenvalue weighted by molar-refractivity contribution is 7.80. The zero-order valence-electron chi connectivity index (χ0n) is 11.1. The summed E-state index contributed by atoms with van der Waals surface area (Å²) in [7, 11) is 1.72. The monoisotopic (exact) mass is 269 g/mol. The van der Waals surface area contributed by atoms with Gasteiger partial charge in [-0.1, -0.05) is 18.6 Å². The lowest BCUT2D eigenvalue weighted by Crippen LogP contribution is -2.50. The van der Waals surface area contributed by atoms with Gasteiger partial charge in [0.15, 0.2) is 0 Å². The molecule has 2 fully saturated rings. The zero-order chi connectivity index (χ0) is 13.2. The number of nitrogens with two attached hydrogens (primary N) is 1. The van der Waals surface area contributed by atoms with Crippen LogP contribution in [0, 0.1) is 5.41 Å². The predicted molar refractivity (Wildman–Crippen MR) is 76.3 cm³/mol. The van der Waals surface area contributed by atoms with E-state index in [1.165, 1.54) is 19.3 Å². The third-order valence-electron chi connectivity index (χ3n) is 4.21. The first-order valence-electron chi connectivity index (χ1n) is 6.80. The molecule has 1 unspecified atom stereocenters. The normalized spacial score (nSPS) is 26.6. The quantitative estimate of drug-likeness (QED) is 0.732. The molecule has 1 atom stereocenters. The Morgan fingerprint density at radius 2 is 2.22 bits per heavy atom. The number of thiocarbonyl (C=S) groups is 1. The Hall–Kier alpha value is -0.680. The van der Waals surface area contributed by atoms with E-state index < -0.39 is 0 Å². The van der Waals surface area contributed by atoms with Crippen LogP contribution in [0.15, 0.2) is 0 Å². The van der Waals surface area contributed by atoms with Gasteiger partial charge in [0, 0.05) is 20.0 Å². The van der Waals surface area contributed by atoms with Gasteiger partial charge in [-0.3, -0.25) is 9.69 Å². The Morgan fingerprint density at radius 1 is 1.50 bits per heavy atom. The maximum absolute atomic E-state index is 11.9. The van der Waals surface area contributed by atoms with Crippen LogP contribution in [-0.4, -0.2) is 42.0 Å². The van der Waals surface area contributed by atoms with Gasteiger partial charge in [-0.25, -0.2) is 0 Å². The van der Waals surface area contributed by atoms with E-state index in [-0.39, 0.29) is 17.4 Å². The number of likely N-dealkylation sites (tertiary alicyclic amines) is 1. The van der Waals surface area contributed by atoms with Gasteiger partial charge in [-0.2, -0.15) is 0 Å². The summed E-state index contributed by atoms with van der Waals surface area (Å²) >= 11 is 5.04. The molecule has 2 rings (SSSR count). The molecular weight excluding hydrogens is 246 g/mol. The number of carbonyl (C=O) groups excluding carboxylic acids is 1. The fraction of sp³-hybridized carbons (Fsp3) is 0.846. The van der Waals surface area contributed by atoms with Crippen LogP contribution in [0.25, 0.3) is 0 Å². The highest BCUT2D eigenvalue weighted by Gasteiger charge is 2.46.